The number of hydrogen-bond acceptors (Lipinski definition) is 0. The average Bonchev–Trinajstić information content (AvgIpc) is 2.39. The first-order valence-corrected chi connectivity index (χ1v) is 29.9. The van der Waals surface area contributed by atoms with Crippen LogP contribution >= 0.6 is 24.4 Å². The molecular weight excluding hydrogens is 522 g/mol. The van der Waals surface area contributed by atoms with Gasteiger partial charge in [0.25, 0.3) is 0 Å². The second kappa shape index (κ2) is 14.3. The quantitative estimate of drug-likeness (QED) is 0.266. The summed E-state index contributed by atoms with van der Waals surface area (Å²) in [6, 6.07) is 0. The van der Waals surface area contributed by atoms with Crippen molar-refractivity contribution >= 4 is 24.4 Å². The maximum absolute atomic E-state index is 4.08. The van der Waals surface area contributed by atoms with E-state index in [1.165, 1.54) is 44.0 Å². The van der Waals surface area contributed by atoms with E-state index in [1.54, 1.807) is 0 Å². The summed E-state index contributed by atoms with van der Waals surface area (Å²) in [7, 11) is 0. The Hall–Kier alpha value is 2.73. The van der Waals surface area contributed by atoms with Crippen molar-refractivity contribution in [1.29, 1.82) is 0 Å². The zero-order chi connectivity index (χ0) is 15.4. The molecule has 0 amide bonds. The molecule has 0 N–H and O–H groups in total. The molecule has 0 radical (unpaired) electrons. The number of halogens is 2. The van der Waals surface area contributed by atoms with E-state index in [-0.39, 0.29) is 0 Å². The van der Waals surface area contributed by atoms with Crippen molar-refractivity contribution in [3.05, 3.63) is 0 Å². The molecule has 19 heavy (non-hydrogen) atoms. The molecule has 0 heterocycles. The van der Waals surface area contributed by atoms with Gasteiger partial charge in [0.15, 0.2) is 0 Å². The monoisotopic (exact) mass is 554 g/mol. The molecule has 0 atom stereocenters. The van der Waals surface area contributed by atoms with Crippen molar-refractivity contribution in [3.63, 3.8) is 0 Å². The van der Waals surface area contributed by atoms with Gasteiger partial charge in [-0.2, -0.15) is 0 Å². The van der Waals surface area contributed by atoms with E-state index in [9.17, 15) is 0 Å². The van der Waals surface area contributed by atoms with E-state index < -0.39 is 35.8 Å². The van der Waals surface area contributed by atoms with Crippen molar-refractivity contribution in [1.82, 2.24) is 0 Å². The molecule has 4 heteroatoms. The zero-order valence-electron chi connectivity index (χ0n) is 14.1. The van der Waals surface area contributed by atoms with Crippen LogP contribution in [0.4, 0.5) is 0 Å². The van der Waals surface area contributed by atoms with Gasteiger partial charge in [0.05, 0.1) is 0 Å². The summed E-state index contributed by atoms with van der Waals surface area (Å²) in [6.45, 7) is 13.9. The molecule has 0 aromatic rings. The summed E-state index contributed by atoms with van der Waals surface area (Å²) in [6.07, 6.45) is 4.17. The summed E-state index contributed by atoms with van der Waals surface area (Å²) in [5.41, 5.74) is 0. The van der Waals surface area contributed by atoms with Gasteiger partial charge in [0, 0.05) is 0 Å². The van der Waals surface area contributed by atoms with E-state index in [4.69, 9.17) is 0 Å². The normalized spacial score (nSPS) is 12.0. The first-order chi connectivity index (χ1) is 8.86. The fourth-order valence-electron chi connectivity index (χ4n) is 2.47. The molecule has 0 rings (SSSR count). The third-order valence-electron chi connectivity index (χ3n) is 4.00. The fourth-order valence-corrected chi connectivity index (χ4v) is 21.6. The predicted octanol–water partition coefficient (Wildman–Crippen LogP) is 8.70. The van der Waals surface area contributed by atoms with E-state index >= 15 is 0 Å². The Balaban J connectivity index is 0. The van der Waals surface area contributed by atoms with Crippen LogP contribution in [0.2, 0.25) is 24.8 Å². The van der Waals surface area contributed by atoms with Crippen LogP contribution in [0.15, 0.2) is 0 Å². The molecule has 0 aromatic heterocycles. The molecule has 0 saturated heterocycles. The Morgan fingerprint density at radius 1 is 0.526 bits per heavy atom. The van der Waals surface area contributed by atoms with Crippen LogP contribution in [0.1, 0.15) is 60.8 Å². The zero-order valence-corrected chi connectivity index (χ0v) is 22.2. The number of rotatable bonds is 9. The molecule has 0 aliphatic heterocycles. The van der Waals surface area contributed by atoms with Gasteiger partial charge in [-0.3, -0.25) is 0 Å². The van der Waals surface area contributed by atoms with Crippen molar-refractivity contribution in [2.24, 2.45) is 0 Å². The van der Waals surface area contributed by atoms with Crippen LogP contribution in [0.3, 0.4) is 0 Å². The molecule has 0 fully saturated rings. The summed E-state index contributed by atoms with van der Waals surface area (Å²) < 4.78 is 8.95. The molecular formula is C15H36Br2Zr2. The Labute approximate surface area is 144 Å². The van der Waals surface area contributed by atoms with Crippen molar-refractivity contribution in [3.8, 4) is 0 Å². The van der Waals surface area contributed by atoms with Crippen LogP contribution < -0.4 is 0 Å². The Morgan fingerprint density at radius 3 is 0.895 bits per heavy atom. The van der Waals surface area contributed by atoms with Gasteiger partial charge in [0.1, 0.15) is 0 Å². The van der Waals surface area contributed by atoms with Crippen LogP contribution in [-0.4, -0.2) is 0 Å². The van der Waals surface area contributed by atoms with Crippen LogP contribution in [0.5, 0.6) is 0 Å². The maximum atomic E-state index is 4.08. The summed E-state index contributed by atoms with van der Waals surface area (Å²) in [5, 5.41) is 0. The standard InChI is InChI=1S/3C3H7.3C2H5.2BrH.2Zr/c3*1-3-2;3*1-2;;;;/h3*1,3H2,2H3;3*1H2,2H3;2*1H;;/q;;;;;;;;2*+1/p-2. The molecule has 0 aromatic carbocycles. The molecule has 0 spiro atoms. The SMILES string of the molecule is CC[CH2][Zr]([Br])([CH2]CC)[CH2]CC.C[CH2][Zr]([Br])([CH2]C)[CH2]C. The van der Waals surface area contributed by atoms with E-state index in [2.05, 4.69) is 66.0 Å². The summed E-state index contributed by atoms with van der Waals surface area (Å²) in [5.74, 6) is 0. The van der Waals surface area contributed by atoms with Gasteiger partial charge in [-0.15, -0.1) is 0 Å². The van der Waals surface area contributed by atoms with Gasteiger partial charge in [-0.25, -0.2) is 0 Å². The first-order valence-electron chi connectivity index (χ1n) is 8.24. The second-order valence-electron chi connectivity index (χ2n) is 5.61. The van der Waals surface area contributed by atoms with Gasteiger partial charge in [-0.05, 0) is 0 Å². The number of hydrogen-bond donors (Lipinski definition) is 0. The Morgan fingerprint density at radius 2 is 0.789 bits per heavy atom. The van der Waals surface area contributed by atoms with Gasteiger partial charge < -0.3 is 0 Å². The van der Waals surface area contributed by atoms with Crippen LogP contribution in [0, 0.1) is 0 Å². The van der Waals surface area contributed by atoms with Crippen molar-refractivity contribution in [2.45, 2.75) is 85.6 Å². The molecule has 0 saturated carbocycles. The fraction of sp³-hybridized carbons (Fsp3) is 1.00. The minimum absolute atomic E-state index is 1.39. The minimum atomic E-state index is -1.65. The molecule has 0 aliphatic rings. The van der Waals surface area contributed by atoms with Crippen molar-refractivity contribution < 1.29 is 35.8 Å². The molecule has 118 valence electrons. The predicted molar refractivity (Wildman–Crippen MR) is 94.6 cm³/mol. The molecule has 0 aliphatic carbocycles. The van der Waals surface area contributed by atoms with E-state index in [0.717, 1.165) is 0 Å². The van der Waals surface area contributed by atoms with E-state index in [1.807, 2.05) is 0 Å². The molecule has 0 unspecified atom stereocenters. The third-order valence-corrected chi connectivity index (χ3v) is 40.6. The Kier molecular flexibility index (Phi) is 18.1. The van der Waals surface area contributed by atoms with Gasteiger partial charge in [-0.1, -0.05) is 0 Å². The summed E-state index contributed by atoms with van der Waals surface area (Å²) in [4.78, 5) is 0. The average molecular weight is 559 g/mol. The van der Waals surface area contributed by atoms with Crippen LogP contribution in [0.25, 0.3) is 0 Å². The summed E-state index contributed by atoms with van der Waals surface area (Å²) >= 11 is 4.79. The van der Waals surface area contributed by atoms with E-state index in [0.29, 0.717) is 0 Å². The first kappa shape index (κ1) is 24.0. The third kappa shape index (κ3) is 12.9. The van der Waals surface area contributed by atoms with Gasteiger partial charge >= 0.3 is 146 Å². The molecule has 0 nitrogen and oxygen atoms in total. The second-order valence-corrected chi connectivity index (χ2v) is 45.7. The molecule has 0 bridgehead atoms. The van der Waals surface area contributed by atoms with Gasteiger partial charge in [0.2, 0.25) is 0 Å². The van der Waals surface area contributed by atoms with Crippen LogP contribution in [-0.2, 0) is 35.8 Å². The Bertz CT molecular complexity index is 169. The van der Waals surface area contributed by atoms with Crippen molar-refractivity contribution in [2.75, 3.05) is 0 Å². The topological polar surface area (TPSA) is 0 Å².